The summed E-state index contributed by atoms with van der Waals surface area (Å²) in [6, 6.07) is 14.1. The molecule has 0 saturated carbocycles. The molecule has 0 radical (unpaired) electrons. The number of thiophene rings is 1. The van der Waals surface area contributed by atoms with Gasteiger partial charge in [-0.15, -0.1) is 11.3 Å². The first-order valence-corrected chi connectivity index (χ1v) is 7.69. The van der Waals surface area contributed by atoms with Gasteiger partial charge in [0.05, 0.1) is 0 Å². The molecule has 96 valence electrons. The van der Waals surface area contributed by atoms with E-state index in [0.29, 0.717) is 5.75 Å². The van der Waals surface area contributed by atoms with Crippen LogP contribution >= 0.6 is 27.3 Å². The van der Waals surface area contributed by atoms with E-state index in [1.54, 1.807) is 17.4 Å². The predicted molar refractivity (Wildman–Crippen MR) is 85.2 cm³/mol. The maximum absolute atomic E-state index is 9.51. The third-order valence-electron chi connectivity index (χ3n) is 3.23. The van der Waals surface area contributed by atoms with Crippen LogP contribution in [-0.2, 0) is 6.42 Å². The van der Waals surface area contributed by atoms with Crippen molar-refractivity contribution in [1.29, 1.82) is 0 Å². The van der Waals surface area contributed by atoms with Gasteiger partial charge in [0.2, 0.25) is 0 Å². The molecule has 0 aliphatic heterocycles. The summed E-state index contributed by atoms with van der Waals surface area (Å²) in [6.45, 7) is 2.14. The van der Waals surface area contributed by atoms with Crippen molar-refractivity contribution in [3.05, 3.63) is 62.9 Å². The molecule has 3 rings (SSSR count). The molecular formula is C16H13BrOS. The van der Waals surface area contributed by atoms with Crippen molar-refractivity contribution in [2.24, 2.45) is 0 Å². The van der Waals surface area contributed by atoms with Gasteiger partial charge in [0.15, 0.2) is 0 Å². The number of phenols is 1. The van der Waals surface area contributed by atoms with Crippen molar-refractivity contribution in [3.8, 4) is 5.75 Å². The van der Waals surface area contributed by atoms with Crippen LogP contribution in [0.1, 0.15) is 16.0 Å². The molecule has 0 aliphatic rings. The number of phenolic OH excluding ortho intramolecular Hbond substituents is 1. The number of benzene rings is 2. The van der Waals surface area contributed by atoms with Crippen molar-refractivity contribution in [2.75, 3.05) is 0 Å². The van der Waals surface area contributed by atoms with Gasteiger partial charge in [0, 0.05) is 20.5 Å². The SMILES string of the molecule is Cc1ccc(Br)cc1Cc1cc2cc(O)ccc2s1. The van der Waals surface area contributed by atoms with Crippen LogP contribution in [-0.4, -0.2) is 5.11 Å². The first-order valence-electron chi connectivity index (χ1n) is 6.08. The first kappa shape index (κ1) is 12.7. The van der Waals surface area contributed by atoms with Gasteiger partial charge in [-0.3, -0.25) is 0 Å². The van der Waals surface area contributed by atoms with Gasteiger partial charge in [-0.1, -0.05) is 22.0 Å². The number of aryl methyl sites for hydroxylation is 1. The molecule has 3 aromatic rings. The zero-order valence-electron chi connectivity index (χ0n) is 10.5. The van der Waals surface area contributed by atoms with Gasteiger partial charge >= 0.3 is 0 Å². The van der Waals surface area contributed by atoms with E-state index < -0.39 is 0 Å². The van der Waals surface area contributed by atoms with Crippen LogP contribution in [0.25, 0.3) is 10.1 Å². The molecule has 3 heteroatoms. The zero-order chi connectivity index (χ0) is 13.4. The fourth-order valence-corrected chi connectivity index (χ4v) is 3.67. The summed E-state index contributed by atoms with van der Waals surface area (Å²) >= 11 is 5.31. The summed E-state index contributed by atoms with van der Waals surface area (Å²) < 4.78 is 2.34. The average Bonchev–Trinajstić information content (AvgIpc) is 2.75. The molecule has 0 atom stereocenters. The van der Waals surface area contributed by atoms with Crippen molar-refractivity contribution in [2.45, 2.75) is 13.3 Å². The minimum Gasteiger partial charge on any atom is -0.508 e. The summed E-state index contributed by atoms with van der Waals surface area (Å²) in [6.07, 6.45) is 0.936. The number of hydrogen-bond donors (Lipinski definition) is 1. The Hall–Kier alpha value is -1.32. The molecule has 0 fully saturated rings. The lowest BCUT2D eigenvalue weighted by molar-refractivity contribution is 0.476. The van der Waals surface area contributed by atoms with Crippen LogP contribution in [0.3, 0.4) is 0 Å². The lowest BCUT2D eigenvalue weighted by atomic mass is 10.1. The van der Waals surface area contributed by atoms with E-state index in [0.717, 1.165) is 16.3 Å². The number of hydrogen-bond acceptors (Lipinski definition) is 2. The second-order valence-corrected chi connectivity index (χ2v) is 6.77. The fourth-order valence-electron chi connectivity index (χ4n) is 2.19. The van der Waals surface area contributed by atoms with E-state index >= 15 is 0 Å². The van der Waals surface area contributed by atoms with E-state index in [1.807, 2.05) is 12.1 Å². The molecule has 0 amide bonds. The van der Waals surface area contributed by atoms with Crippen LogP contribution in [0.2, 0.25) is 0 Å². The average molecular weight is 333 g/mol. The van der Waals surface area contributed by atoms with Crippen LogP contribution in [0.4, 0.5) is 0 Å². The van der Waals surface area contributed by atoms with Gasteiger partial charge in [-0.05, 0) is 59.8 Å². The second kappa shape index (κ2) is 4.99. The van der Waals surface area contributed by atoms with Gasteiger partial charge in [-0.2, -0.15) is 0 Å². The van der Waals surface area contributed by atoms with Gasteiger partial charge < -0.3 is 5.11 Å². The lowest BCUT2D eigenvalue weighted by Crippen LogP contribution is -1.89. The fraction of sp³-hybridized carbons (Fsp3) is 0.125. The molecule has 0 spiro atoms. The topological polar surface area (TPSA) is 20.2 Å². The largest absolute Gasteiger partial charge is 0.508 e. The Morgan fingerprint density at radius 2 is 1.95 bits per heavy atom. The number of aromatic hydroxyl groups is 1. The minimum atomic E-state index is 0.329. The predicted octanol–water partition coefficient (Wildman–Crippen LogP) is 5.27. The zero-order valence-corrected chi connectivity index (χ0v) is 12.9. The number of rotatable bonds is 2. The van der Waals surface area contributed by atoms with Crippen molar-refractivity contribution < 1.29 is 5.11 Å². The molecule has 19 heavy (non-hydrogen) atoms. The first-order chi connectivity index (χ1) is 9.11. The highest BCUT2D eigenvalue weighted by atomic mass is 79.9. The summed E-state index contributed by atoms with van der Waals surface area (Å²) in [5.74, 6) is 0.329. The van der Waals surface area contributed by atoms with Crippen LogP contribution < -0.4 is 0 Å². The standard InChI is InChI=1S/C16H13BrOS/c1-10-2-3-13(17)6-11(10)8-15-9-12-7-14(18)4-5-16(12)19-15/h2-7,9,18H,8H2,1H3. The number of fused-ring (bicyclic) bond motifs is 1. The summed E-state index contributed by atoms with van der Waals surface area (Å²) in [5, 5.41) is 10.6. The van der Waals surface area contributed by atoms with Crippen LogP contribution in [0.5, 0.6) is 5.75 Å². The van der Waals surface area contributed by atoms with Crippen LogP contribution in [0.15, 0.2) is 46.9 Å². The molecular weight excluding hydrogens is 320 g/mol. The Labute approximate surface area is 124 Å². The van der Waals surface area contributed by atoms with Crippen molar-refractivity contribution >= 4 is 37.4 Å². The third kappa shape index (κ3) is 2.67. The van der Waals surface area contributed by atoms with E-state index in [1.165, 1.54) is 20.7 Å². The maximum Gasteiger partial charge on any atom is 0.116 e. The van der Waals surface area contributed by atoms with Crippen LogP contribution in [0, 0.1) is 6.92 Å². The quantitative estimate of drug-likeness (QED) is 0.677. The second-order valence-electron chi connectivity index (χ2n) is 4.68. The molecule has 1 nitrogen and oxygen atoms in total. The van der Waals surface area contributed by atoms with E-state index in [2.05, 4.69) is 47.1 Å². The Kier molecular flexibility index (Phi) is 3.33. The van der Waals surface area contributed by atoms with E-state index in [-0.39, 0.29) is 0 Å². The highest BCUT2D eigenvalue weighted by molar-refractivity contribution is 9.10. The van der Waals surface area contributed by atoms with Gasteiger partial charge in [0.1, 0.15) is 5.75 Å². The molecule has 0 aliphatic carbocycles. The summed E-state index contributed by atoms with van der Waals surface area (Å²) in [5.41, 5.74) is 2.65. The summed E-state index contributed by atoms with van der Waals surface area (Å²) in [7, 11) is 0. The van der Waals surface area contributed by atoms with Crippen molar-refractivity contribution in [1.82, 2.24) is 0 Å². The molecule has 0 bridgehead atoms. The van der Waals surface area contributed by atoms with Gasteiger partial charge in [0.25, 0.3) is 0 Å². The highest BCUT2D eigenvalue weighted by Crippen LogP contribution is 2.30. The Balaban J connectivity index is 1.98. The Bertz CT molecular complexity index is 746. The van der Waals surface area contributed by atoms with Gasteiger partial charge in [-0.25, -0.2) is 0 Å². The normalized spacial score (nSPS) is 11.1. The lowest BCUT2D eigenvalue weighted by Gasteiger charge is -2.04. The highest BCUT2D eigenvalue weighted by Gasteiger charge is 2.06. The Morgan fingerprint density at radius 1 is 1.11 bits per heavy atom. The maximum atomic E-state index is 9.51. The van der Waals surface area contributed by atoms with E-state index in [4.69, 9.17) is 0 Å². The summed E-state index contributed by atoms with van der Waals surface area (Å²) in [4.78, 5) is 1.32. The number of halogens is 1. The van der Waals surface area contributed by atoms with E-state index in [9.17, 15) is 5.11 Å². The molecule has 1 N–H and O–H groups in total. The molecule has 1 aromatic heterocycles. The monoisotopic (exact) mass is 332 g/mol. The molecule has 0 saturated heterocycles. The molecule has 1 heterocycles. The third-order valence-corrected chi connectivity index (χ3v) is 4.84. The van der Waals surface area contributed by atoms with Crippen molar-refractivity contribution in [3.63, 3.8) is 0 Å². The molecule has 2 aromatic carbocycles. The molecule has 0 unspecified atom stereocenters. The Morgan fingerprint density at radius 3 is 2.79 bits per heavy atom. The smallest absolute Gasteiger partial charge is 0.116 e. The minimum absolute atomic E-state index is 0.329.